The fraction of sp³-hybridized carbons (Fsp3) is 0.286. The molecule has 2 heterocycles. The van der Waals surface area contributed by atoms with E-state index in [4.69, 9.17) is 5.26 Å². The van der Waals surface area contributed by atoms with E-state index in [2.05, 4.69) is 5.32 Å². The summed E-state index contributed by atoms with van der Waals surface area (Å²) >= 11 is 0. The fourth-order valence-corrected chi connectivity index (χ4v) is 5.11. The molecule has 0 unspecified atom stereocenters. The summed E-state index contributed by atoms with van der Waals surface area (Å²) in [4.78, 5) is 28.2. The molecule has 0 aromatic heterocycles. The Labute approximate surface area is 180 Å². The van der Waals surface area contributed by atoms with Gasteiger partial charge in [0, 0.05) is 50.5 Å². The predicted octanol–water partition coefficient (Wildman–Crippen LogP) is 1.23. The summed E-state index contributed by atoms with van der Waals surface area (Å²) in [5.74, 6) is -0.197. The molecule has 0 aliphatic carbocycles. The zero-order valence-electron chi connectivity index (χ0n) is 16.7. The Hall–Kier alpha value is -3.42. The minimum absolute atomic E-state index is 0.128. The van der Waals surface area contributed by atoms with E-state index in [-0.39, 0.29) is 43.0 Å². The van der Waals surface area contributed by atoms with Gasteiger partial charge in [0.1, 0.15) is 0 Å². The van der Waals surface area contributed by atoms with Crippen LogP contribution >= 0.6 is 0 Å². The molecule has 2 saturated heterocycles. The first-order valence-electron chi connectivity index (χ1n) is 9.85. The average molecular weight is 439 g/mol. The lowest BCUT2D eigenvalue weighted by molar-refractivity contribution is 0.0698. The summed E-state index contributed by atoms with van der Waals surface area (Å²) in [5, 5.41) is 11.6. The van der Waals surface area contributed by atoms with Crippen LogP contribution in [0, 0.1) is 11.3 Å². The molecule has 10 heteroatoms. The van der Waals surface area contributed by atoms with Crippen LogP contribution in [0.3, 0.4) is 0 Å². The summed E-state index contributed by atoms with van der Waals surface area (Å²) in [7, 11) is -3.69. The normalized spacial score (nSPS) is 17.3. The topological polar surface area (TPSA) is 114 Å². The van der Waals surface area contributed by atoms with Gasteiger partial charge in [-0.2, -0.15) is 9.57 Å². The SMILES string of the molecule is N#Cc1ccc(S(=O)(=O)N2CCN(C(=O)c3cccc(N4CCNC4=O)c3)CC2)cc1. The van der Waals surface area contributed by atoms with Crippen LogP contribution in [0.1, 0.15) is 15.9 Å². The highest BCUT2D eigenvalue weighted by molar-refractivity contribution is 7.89. The van der Waals surface area contributed by atoms with Crippen molar-refractivity contribution in [2.45, 2.75) is 4.90 Å². The molecule has 2 aliphatic heterocycles. The number of anilines is 1. The molecular weight excluding hydrogens is 418 g/mol. The number of urea groups is 1. The summed E-state index contributed by atoms with van der Waals surface area (Å²) in [6.45, 7) is 2.01. The molecule has 3 amide bonds. The van der Waals surface area contributed by atoms with Gasteiger partial charge in [0.2, 0.25) is 10.0 Å². The van der Waals surface area contributed by atoms with Crippen LogP contribution in [0.5, 0.6) is 0 Å². The van der Waals surface area contributed by atoms with E-state index in [1.54, 1.807) is 34.1 Å². The number of hydrogen-bond donors (Lipinski definition) is 1. The average Bonchev–Trinajstić information content (AvgIpc) is 3.24. The van der Waals surface area contributed by atoms with E-state index in [9.17, 15) is 18.0 Å². The van der Waals surface area contributed by atoms with Crippen molar-refractivity contribution < 1.29 is 18.0 Å². The number of benzene rings is 2. The van der Waals surface area contributed by atoms with Crippen molar-refractivity contribution in [1.29, 1.82) is 5.26 Å². The largest absolute Gasteiger partial charge is 0.336 e. The zero-order chi connectivity index (χ0) is 22.0. The molecule has 31 heavy (non-hydrogen) atoms. The van der Waals surface area contributed by atoms with Gasteiger partial charge in [-0.15, -0.1) is 0 Å². The summed E-state index contributed by atoms with van der Waals surface area (Å²) in [6.07, 6.45) is 0. The van der Waals surface area contributed by atoms with Gasteiger partial charge >= 0.3 is 6.03 Å². The monoisotopic (exact) mass is 439 g/mol. The number of nitrogens with one attached hydrogen (secondary N) is 1. The van der Waals surface area contributed by atoms with Crippen molar-refractivity contribution in [2.24, 2.45) is 0 Å². The van der Waals surface area contributed by atoms with Crippen molar-refractivity contribution in [3.63, 3.8) is 0 Å². The van der Waals surface area contributed by atoms with E-state index < -0.39 is 10.0 Å². The van der Waals surface area contributed by atoms with Gasteiger partial charge in [0.15, 0.2) is 0 Å². The molecule has 2 aliphatic rings. The molecule has 0 radical (unpaired) electrons. The third-order valence-electron chi connectivity index (χ3n) is 5.41. The van der Waals surface area contributed by atoms with Gasteiger partial charge < -0.3 is 10.2 Å². The van der Waals surface area contributed by atoms with Gasteiger partial charge in [0.25, 0.3) is 5.91 Å². The van der Waals surface area contributed by atoms with E-state index in [1.807, 2.05) is 6.07 Å². The number of rotatable bonds is 4. The van der Waals surface area contributed by atoms with Gasteiger partial charge in [0.05, 0.1) is 16.5 Å². The fourth-order valence-electron chi connectivity index (χ4n) is 3.69. The number of hydrogen-bond acceptors (Lipinski definition) is 5. The number of carbonyl (C=O) groups excluding carboxylic acids is 2. The third kappa shape index (κ3) is 4.10. The van der Waals surface area contributed by atoms with Crippen LogP contribution in [-0.4, -0.2) is 68.8 Å². The standard InChI is InChI=1S/C21H21N5O4S/c22-15-16-4-6-19(7-5-16)31(29,30)25-12-10-24(11-13-25)20(27)17-2-1-3-18(14-17)26-9-8-23-21(26)28/h1-7,14H,8-13H2,(H,23,28). The van der Waals surface area contributed by atoms with E-state index >= 15 is 0 Å². The second kappa shape index (κ2) is 8.37. The molecular formula is C21H21N5O4S. The molecule has 0 saturated carbocycles. The maximum atomic E-state index is 13.0. The minimum atomic E-state index is -3.69. The maximum absolute atomic E-state index is 13.0. The highest BCUT2D eigenvalue weighted by Crippen LogP contribution is 2.22. The number of nitriles is 1. The van der Waals surface area contributed by atoms with Crippen molar-refractivity contribution in [2.75, 3.05) is 44.2 Å². The van der Waals surface area contributed by atoms with Crippen LogP contribution in [0.25, 0.3) is 0 Å². The quantitative estimate of drug-likeness (QED) is 0.770. The number of carbonyl (C=O) groups is 2. The molecule has 4 rings (SSSR count). The smallest absolute Gasteiger partial charge is 0.321 e. The Morgan fingerprint density at radius 3 is 2.32 bits per heavy atom. The molecule has 0 atom stereocenters. The Morgan fingerprint density at radius 2 is 1.71 bits per heavy atom. The number of piperazine rings is 1. The summed E-state index contributed by atoms with van der Waals surface area (Å²) in [6, 6.07) is 14.5. The predicted molar refractivity (Wildman–Crippen MR) is 113 cm³/mol. The second-order valence-corrected chi connectivity index (χ2v) is 9.20. The maximum Gasteiger partial charge on any atom is 0.321 e. The minimum Gasteiger partial charge on any atom is -0.336 e. The first-order valence-corrected chi connectivity index (χ1v) is 11.3. The van der Waals surface area contributed by atoms with E-state index in [0.717, 1.165) is 0 Å². The molecule has 2 aromatic rings. The van der Waals surface area contributed by atoms with Crippen molar-refractivity contribution in [3.8, 4) is 6.07 Å². The Bertz CT molecular complexity index is 1150. The Balaban J connectivity index is 1.43. The highest BCUT2D eigenvalue weighted by atomic mass is 32.2. The van der Waals surface area contributed by atoms with Gasteiger partial charge in [-0.05, 0) is 42.5 Å². The Kier molecular flexibility index (Phi) is 5.63. The van der Waals surface area contributed by atoms with Crippen LogP contribution < -0.4 is 10.2 Å². The number of nitrogens with zero attached hydrogens (tertiary/aromatic N) is 4. The van der Waals surface area contributed by atoms with Crippen molar-refractivity contribution in [1.82, 2.24) is 14.5 Å². The zero-order valence-corrected chi connectivity index (χ0v) is 17.5. The summed E-state index contributed by atoms with van der Waals surface area (Å²) < 4.78 is 27.1. The molecule has 0 spiro atoms. The molecule has 160 valence electrons. The highest BCUT2D eigenvalue weighted by Gasteiger charge is 2.31. The molecule has 1 N–H and O–H groups in total. The van der Waals surface area contributed by atoms with Gasteiger partial charge in [-0.1, -0.05) is 6.07 Å². The third-order valence-corrected chi connectivity index (χ3v) is 7.32. The van der Waals surface area contributed by atoms with Crippen LogP contribution in [0.15, 0.2) is 53.4 Å². The molecule has 0 bridgehead atoms. The van der Waals surface area contributed by atoms with Gasteiger partial charge in [-0.25, -0.2) is 13.2 Å². The number of sulfonamides is 1. The second-order valence-electron chi connectivity index (χ2n) is 7.27. The lowest BCUT2D eigenvalue weighted by Crippen LogP contribution is -2.50. The van der Waals surface area contributed by atoms with E-state index in [1.165, 1.54) is 28.6 Å². The number of amides is 3. The van der Waals surface area contributed by atoms with Crippen LogP contribution in [0.4, 0.5) is 10.5 Å². The van der Waals surface area contributed by atoms with E-state index in [0.29, 0.717) is 29.9 Å². The Morgan fingerprint density at radius 1 is 1.00 bits per heavy atom. The van der Waals surface area contributed by atoms with Crippen molar-refractivity contribution in [3.05, 3.63) is 59.7 Å². The summed E-state index contributed by atoms with van der Waals surface area (Å²) in [5.41, 5.74) is 1.51. The van der Waals surface area contributed by atoms with Gasteiger partial charge in [-0.3, -0.25) is 9.69 Å². The lowest BCUT2D eigenvalue weighted by Gasteiger charge is -2.34. The molecule has 9 nitrogen and oxygen atoms in total. The van der Waals surface area contributed by atoms with Crippen LogP contribution in [0.2, 0.25) is 0 Å². The molecule has 2 aromatic carbocycles. The lowest BCUT2D eigenvalue weighted by atomic mass is 10.1. The first kappa shape index (κ1) is 20.8. The van der Waals surface area contributed by atoms with Crippen LogP contribution in [-0.2, 0) is 10.0 Å². The molecule has 2 fully saturated rings. The first-order chi connectivity index (χ1) is 14.9. The van der Waals surface area contributed by atoms with Crippen molar-refractivity contribution >= 4 is 27.6 Å².